The van der Waals surface area contributed by atoms with Crippen LogP contribution >= 0.6 is 15.9 Å². The molecule has 0 spiro atoms. The lowest BCUT2D eigenvalue weighted by Crippen LogP contribution is -2.22. The molecule has 0 bridgehead atoms. The van der Waals surface area contributed by atoms with Crippen molar-refractivity contribution in [2.75, 3.05) is 0 Å². The van der Waals surface area contributed by atoms with E-state index in [2.05, 4.69) is 40.1 Å². The second-order valence-corrected chi connectivity index (χ2v) is 5.14. The highest BCUT2D eigenvalue weighted by Crippen LogP contribution is 2.31. The van der Waals surface area contributed by atoms with Crippen LogP contribution in [0.5, 0.6) is 0 Å². The Morgan fingerprint density at radius 1 is 1.44 bits per heavy atom. The van der Waals surface area contributed by atoms with Gasteiger partial charge in [0.25, 0.3) is 0 Å². The molecule has 0 aliphatic rings. The van der Waals surface area contributed by atoms with Crippen LogP contribution < -0.4 is 5.32 Å². The summed E-state index contributed by atoms with van der Waals surface area (Å²) in [6, 6.07) is 4.84. The maximum atomic E-state index is 13.3. The van der Waals surface area contributed by atoms with Crippen molar-refractivity contribution in [3.8, 4) is 11.3 Å². The van der Waals surface area contributed by atoms with E-state index in [1.54, 1.807) is 6.07 Å². The maximum absolute atomic E-state index is 13.3. The first kappa shape index (κ1) is 13.2. The molecule has 2 rings (SSSR count). The van der Waals surface area contributed by atoms with E-state index in [9.17, 15) is 4.39 Å². The van der Waals surface area contributed by atoms with Crippen molar-refractivity contribution in [1.82, 2.24) is 10.3 Å². The smallest absolute Gasteiger partial charge is 0.181 e. The van der Waals surface area contributed by atoms with Gasteiger partial charge in [-0.25, -0.2) is 9.37 Å². The van der Waals surface area contributed by atoms with Crippen LogP contribution in [0.3, 0.4) is 0 Å². The maximum Gasteiger partial charge on any atom is 0.181 e. The molecule has 5 heteroatoms. The highest BCUT2D eigenvalue weighted by atomic mass is 79.9. The number of hydrogen-bond donors (Lipinski definition) is 1. The topological polar surface area (TPSA) is 38.1 Å². The lowest BCUT2D eigenvalue weighted by Gasteiger charge is -2.08. The molecule has 2 aromatic rings. The Balaban J connectivity index is 2.33. The molecule has 0 aliphatic heterocycles. The lowest BCUT2D eigenvalue weighted by atomic mass is 10.1. The number of nitrogens with one attached hydrogen (secondary N) is 1. The second-order valence-electron chi connectivity index (χ2n) is 4.29. The summed E-state index contributed by atoms with van der Waals surface area (Å²) in [5.41, 5.74) is 1.45. The van der Waals surface area contributed by atoms with Crippen LogP contribution in [0.4, 0.5) is 4.39 Å². The molecule has 0 saturated heterocycles. The summed E-state index contributed by atoms with van der Waals surface area (Å²) >= 11 is 3.39. The average Bonchev–Trinajstić information content (AvgIpc) is 2.77. The van der Waals surface area contributed by atoms with Gasteiger partial charge in [0.1, 0.15) is 11.5 Å². The van der Waals surface area contributed by atoms with E-state index in [1.165, 1.54) is 18.5 Å². The van der Waals surface area contributed by atoms with Crippen molar-refractivity contribution in [1.29, 1.82) is 0 Å². The Labute approximate surface area is 114 Å². The molecule has 18 heavy (non-hydrogen) atoms. The fourth-order valence-corrected chi connectivity index (χ4v) is 2.01. The zero-order chi connectivity index (χ0) is 13.1. The molecule has 1 aromatic carbocycles. The van der Waals surface area contributed by atoms with Gasteiger partial charge in [0.15, 0.2) is 12.2 Å². The molecule has 0 atom stereocenters. The van der Waals surface area contributed by atoms with Crippen molar-refractivity contribution in [3.63, 3.8) is 0 Å². The molecule has 1 aromatic heterocycles. The Morgan fingerprint density at radius 3 is 2.94 bits per heavy atom. The molecule has 1 N–H and O–H groups in total. The summed E-state index contributed by atoms with van der Waals surface area (Å²) in [6.07, 6.45) is 1.38. The van der Waals surface area contributed by atoms with Gasteiger partial charge in [-0.05, 0) is 18.2 Å². The molecule has 0 unspecified atom stereocenters. The molecule has 1 heterocycles. The fraction of sp³-hybridized carbons (Fsp3) is 0.308. The predicted octanol–water partition coefficient (Wildman–Crippen LogP) is 3.74. The van der Waals surface area contributed by atoms with Crippen LogP contribution in [-0.4, -0.2) is 11.0 Å². The molecule has 0 amide bonds. The van der Waals surface area contributed by atoms with Gasteiger partial charge in [-0.1, -0.05) is 29.8 Å². The quantitative estimate of drug-likeness (QED) is 0.934. The van der Waals surface area contributed by atoms with Crippen molar-refractivity contribution in [3.05, 3.63) is 40.6 Å². The van der Waals surface area contributed by atoms with Gasteiger partial charge < -0.3 is 9.73 Å². The van der Waals surface area contributed by atoms with Gasteiger partial charge in [-0.2, -0.15) is 0 Å². The minimum absolute atomic E-state index is 0.299. The minimum atomic E-state index is -0.299. The Bertz CT molecular complexity index is 540. The molecular formula is C13H14BrFN2O. The van der Waals surface area contributed by atoms with Gasteiger partial charge in [-0.15, -0.1) is 0 Å². The molecule has 0 saturated carbocycles. The first-order valence-corrected chi connectivity index (χ1v) is 6.48. The summed E-state index contributed by atoms with van der Waals surface area (Å²) < 4.78 is 19.4. The van der Waals surface area contributed by atoms with Gasteiger partial charge >= 0.3 is 0 Å². The molecule has 0 fully saturated rings. The van der Waals surface area contributed by atoms with Gasteiger partial charge in [-0.3, -0.25) is 0 Å². The van der Waals surface area contributed by atoms with Crippen LogP contribution in [0.2, 0.25) is 0 Å². The van der Waals surface area contributed by atoms with Crippen molar-refractivity contribution in [2.45, 2.75) is 26.4 Å². The summed E-state index contributed by atoms with van der Waals surface area (Å²) in [5.74, 6) is 0.293. The Hall–Kier alpha value is -1.20. The monoisotopic (exact) mass is 312 g/mol. The fourth-order valence-electron chi connectivity index (χ4n) is 1.59. The first-order chi connectivity index (χ1) is 8.58. The number of benzene rings is 1. The zero-order valence-electron chi connectivity index (χ0n) is 10.2. The first-order valence-electron chi connectivity index (χ1n) is 5.69. The zero-order valence-corrected chi connectivity index (χ0v) is 11.8. The normalized spacial score (nSPS) is 11.2. The number of nitrogens with zero attached hydrogens (tertiary/aromatic N) is 1. The third kappa shape index (κ3) is 2.97. The third-order valence-electron chi connectivity index (χ3n) is 2.49. The van der Waals surface area contributed by atoms with E-state index in [-0.39, 0.29) is 5.82 Å². The average molecular weight is 313 g/mol. The van der Waals surface area contributed by atoms with Gasteiger partial charge in [0.2, 0.25) is 0 Å². The van der Waals surface area contributed by atoms with E-state index >= 15 is 0 Å². The number of oxazole rings is 1. The van der Waals surface area contributed by atoms with Gasteiger partial charge in [0.05, 0.1) is 0 Å². The molecule has 0 radical (unpaired) electrons. The van der Waals surface area contributed by atoms with Crippen LogP contribution in [0.25, 0.3) is 11.3 Å². The number of hydrogen-bond acceptors (Lipinski definition) is 3. The van der Waals surface area contributed by atoms with E-state index in [1.807, 2.05) is 0 Å². The van der Waals surface area contributed by atoms with Crippen LogP contribution in [0.1, 0.15) is 19.5 Å². The minimum Gasteiger partial charge on any atom is -0.443 e. The van der Waals surface area contributed by atoms with E-state index in [0.717, 1.165) is 10.2 Å². The molecule has 96 valence electrons. The van der Waals surface area contributed by atoms with Crippen molar-refractivity contribution < 1.29 is 8.81 Å². The van der Waals surface area contributed by atoms with Crippen LogP contribution in [-0.2, 0) is 6.54 Å². The summed E-state index contributed by atoms with van der Waals surface area (Å²) in [4.78, 5) is 4.16. The van der Waals surface area contributed by atoms with Crippen LogP contribution in [0, 0.1) is 5.82 Å². The van der Waals surface area contributed by atoms with Crippen LogP contribution in [0.15, 0.2) is 33.5 Å². The van der Waals surface area contributed by atoms with E-state index in [0.29, 0.717) is 23.9 Å². The van der Waals surface area contributed by atoms with Gasteiger partial charge in [0, 0.05) is 22.6 Å². The SMILES string of the molecule is CC(C)NCc1ncoc1-c1cc(F)ccc1Br. The second kappa shape index (κ2) is 5.63. The highest BCUT2D eigenvalue weighted by molar-refractivity contribution is 9.10. The number of halogens is 2. The Morgan fingerprint density at radius 2 is 2.22 bits per heavy atom. The number of rotatable bonds is 4. The molecular weight excluding hydrogens is 299 g/mol. The highest BCUT2D eigenvalue weighted by Gasteiger charge is 2.14. The Kier molecular flexibility index (Phi) is 4.14. The van der Waals surface area contributed by atoms with Crippen molar-refractivity contribution in [2.24, 2.45) is 0 Å². The van der Waals surface area contributed by atoms with E-state index < -0.39 is 0 Å². The van der Waals surface area contributed by atoms with Crippen molar-refractivity contribution >= 4 is 15.9 Å². The number of aromatic nitrogens is 1. The predicted molar refractivity (Wildman–Crippen MR) is 71.6 cm³/mol. The standard InChI is InChI=1S/C13H14BrFN2O/c1-8(2)16-6-12-13(18-7-17-12)10-5-9(15)3-4-11(10)14/h3-5,7-8,16H,6H2,1-2H3. The van der Waals surface area contributed by atoms with E-state index in [4.69, 9.17) is 4.42 Å². The largest absolute Gasteiger partial charge is 0.443 e. The molecule has 3 nitrogen and oxygen atoms in total. The summed E-state index contributed by atoms with van der Waals surface area (Å²) in [7, 11) is 0. The third-order valence-corrected chi connectivity index (χ3v) is 3.18. The summed E-state index contributed by atoms with van der Waals surface area (Å²) in [5, 5.41) is 3.26. The molecule has 0 aliphatic carbocycles. The summed E-state index contributed by atoms with van der Waals surface area (Å²) in [6.45, 7) is 4.70. The lowest BCUT2D eigenvalue weighted by molar-refractivity contribution is 0.561.